The van der Waals surface area contributed by atoms with Gasteiger partial charge in [-0.3, -0.25) is 0 Å². The Morgan fingerprint density at radius 2 is 1.71 bits per heavy atom. The van der Waals surface area contributed by atoms with E-state index < -0.39 is 5.24 Å². The molecule has 0 saturated heterocycles. The number of carbonyl (C=O) groups is 1. The average Bonchev–Trinajstić information content (AvgIpc) is 1.33. The molecule has 44 valence electrons. The van der Waals surface area contributed by atoms with Gasteiger partial charge in [0.15, 0.2) is 0 Å². The van der Waals surface area contributed by atoms with Gasteiger partial charge in [-0.05, 0) is 0 Å². The maximum atomic E-state index is 9.04. The van der Waals surface area contributed by atoms with Gasteiger partial charge < -0.3 is 28.5 Å². The standard InChI is InChI=1S/C2H7N.CH3NOS/c1-3-2;2-1(3)4/h3H,1-2H3;(H3,2,3,4). The first-order chi connectivity index (χ1) is 3.15. The van der Waals surface area contributed by atoms with Crippen LogP contribution in [0.3, 0.4) is 0 Å². The summed E-state index contributed by atoms with van der Waals surface area (Å²) in [6.45, 7) is 0. The van der Waals surface area contributed by atoms with Crippen molar-refractivity contribution in [3.8, 4) is 0 Å². The largest absolute Gasteiger partial charge is 0.719 e. The molecule has 4 heteroatoms. The van der Waals surface area contributed by atoms with Crippen molar-refractivity contribution in [3.63, 3.8) is 0 Å². The normalized spacial score (nSPS) is 6.00. The lowest BCUT2D eigenvalue weighted by Gasteiger charge is -1.83. The minimum Gasteiger partial charge on any atom is -0.719 e. The van der Waals surface area contributed by atoms with Crippen molar-refractivity contribution in [2.75, 3.05) is 14.1 Å². The van der Waals surface area contributed by atoms with E-state index in [2.05, 4.69) is 18.4 Å². The molecule has 0 fully saturated rings. The maximum absolute atomic E-state index is 9.04. The molecule has 3 nitrogen and oxygen atoms in total. The van der Waals surface area contributed by atoms with Gasteiger partial charge >= 0.3 is 0 Å². The van der Waals surface area contributed by atoms with Gasteiger partial charge in [0.1, 0.15) is 0 Å². The second-order valence-corrected chi connectivity index (χ2v) is 1.30. The molecule has 0 aromatic carbocycles. The van der Waals surface area contributed by atoms with Crippen LogP contribution in [-0.4, -0.2) is 19.3 Å². The van der Waals surface area contributed by atoms with Crippen LogP contribution >= 0.6 is 0 Å². The first-order valence-electron chi connectivity index (χ1n) is 1.85. The summed E-state index contributed by atoms with van der Waals surface area (Å²) in [4.78, 5) is 9.04. The third-order valence-corrected chi connectivity index (χ3v) is 0. The third kappa shape index (κ3) is 614. The Morgan fingerprint density at radius 3 is 1.71 bits per heavy atom. The SMILES string of the molecule is C[NH2+]C.NC(=O)[S-]. The molecule has 0 unspecified atom stereocenters. The Hall–Kier alpha value is -0.350. The molecule has 0 heterocycles. The minimum absolute atomic E-state index is 0.750. The summed E-state index contributed by atoms with van der Waals surface area (Å²) >= 11 is 3.76. The lowest BCUT2D eigenvalue weighted by Crippen LogP contribution is -2.74. The van der Waals surface area contributed by atoms with Gasteiger partial charge in [0, 0.05) is 0 Å². The highest BCUT2D eigenvalue weighted by molar-refractivity contribution is 7.76. The number of hydrogen-bond donors (Lipinski definition) is 2. The highest BCUT2D eigenvalue weighted by Gasteiger charge is 1.41. The quantitative estimate of drug-likeness (QED) is 0.381. The number of quaternary nitrogens is 1. The lowest BCUT2D eigenvalue weighted by atomic mass is 11.3. The summed E-state index contributed by atoms with van der Waals surface area (Å²) in [5.74, 6) is 0. The van der Waals surface area contributed by atoms with E-state index in [0.717, 1.165) is 0 Å². The maximum Gasteiger partial charge on any atom is 0.0954 e. The zero-order valence-electron chi connectivity index (χ0n) is 4.47. The summed E-state index contributed by atoms with van der Waals surface area (Å²) in [6.07, 6.45) is 0. The van der Waals surface area contributed by atoms with Crippen molar-refractivity contribution in [1.82, 2.24) is 0 Å². The first-order valence-corrected chi connectivity index (χ1v) is 2.26. The van der Waals surface area contributed by atoms with Crippen LogP contribution in [0.25, 0.3) is 0 Å². The highest BCUT2D eigenvalue weighted by atomic mass is 32.1. The average molecular weight is 122 g/mol. The van der Waals surface area contributed by atoms with E-state index in [1.165, 1.54) is 0 Å². The number of rotatable bonds is 0. The summed E-state index contributed by atoms with van der Waals surface area (Å²) < 4.78 is 0. The molecule has 0 atom stereocenters. The Morgan fingerprint density at radius 1 is 1.71 bits per heavy atom. The fourth-order valence-corrected chi connectivity index (χ4v) is 0. The van der Waals surface area contributed by atoms with Crippen LogP contribution in [0.2, 0.25) is 0 Å². The van der Waals surface area contributed by atoms with E-state index in [9.17, 15) is 0 Å². The smallest absolute Gasteiger partial charge is 0.0954 e. The number of nitrogens with two attached hydrogens (primary N) is 2. The molecule has 0 aromatic heterocycles. The van der Waals surface area contributed by atoms with E-state index in [4.69, 9.17) is 4.79 Å². The van der Waals surface area contributed by atoms with Crippen molar-refractivity contribution in [1.29, 1.82) is 0 Å². The van der Waals surface area contributed by atoms with E-state index in [0.29, 0.717) is 0 Å². The second kappa shape index (κ2) is 9.17. The van der Waals surface area contributed by atoms with Crippen LogP contribution in [0.5, 0.6) is 0 Å². The highest BCUT2D eigenvalue weighted by Crippen LogP contribution is 1.40. The summed E-state index contributed by atoms with van der Waals surface area (Å²) in [5.41, 5.74) is 4.29. The first kappa shape index (κ1) is 9.82. The van der Waals surface area contributed by atoms with E-state index in [1.54, 1.807) is 0 Å². The molecule has 1 amide bonds. The molecule has 0 rings (SSSR count). The number of carbonyl (C=O) groups excluding carboxylic acids is 1. The van der Waals surface area contributed by atoms with Gasteiger partial charge in [-0.25, -0.2) is 0 Å². The lowest BCUT2D eigenvalue weighted by molar-refractivity contribution is -0.597. The Bertz CT molecular complexity index is 44.2. The molecule has 0 aliphatic heterocycles. The van der Waals surface area contributed by atoms with Gasteiger partial charge in [0.2, 0.25) is 0 Å². The Labute approximate surface area is 48.7 Å². The van der Waals surface area contributed by atoms with Crippen LogP contribution < -0.4 is 11.1 Å². The molecule has 7 heavy (non-hydrogen) atoms. The zero-order chi connectivity index (χ0) is 6.28. The van der Waals surface area contributed by atoms with E-state index in [1.807, 2.05) is 19.4 Å². The minimum atomic E-state index is -0.750. The summed E-state index contributed by atoms with van der Waals surface area (Å²) in [6, 6.07) is 0. The fraction of sp³-hybridized carbons (Fsp3) is 0.667. The van der Waals surface area contributed by atoms with Crippen molar-refractivity contribution in [2.24, 2.45) is 5.73 Å². The van der Waals surface area contributed by atoms with E-state index >= 15 is 0 Å². The molecule has 0 saturated carbocycles. The Balaban J connectivity index is 0. The fourth-order valence-electron chi connectivity index (χ4n) is 0. The van der Waals surface area contributed by atoms with Gasteiger partial charge in [-0.1, -0.05) is 0 Å². The van der Waals surface area contributed by atoms with Crippen LogP contribution in [0, 0.1) is 0 Å². The Kier molecular flexibility index (Phi) is 12.9. The van der Waals surface area contributed by atoms with Crippen LogP contribution in [-0.2, 0) is 12.6 Å². The van der Waals surface area contributed by atoms with Crippen molar-refractivity contribution in [3.05, 3.63) is 0 Å². The monoisotopic (exact) mass is 122 g/mol. The number of hydrogen-bond acceptors (Lipinski definition) is 2. The van der Waals surface area contributed by atoms with Crippen LogP contribution in [0.15, 0.2) is 0 Å². The van der Waals surface area contributed by atoms with Gasteiger partial charge in [0.25, 0.3) is 0 Å². The van der Waals surface area contributed by atoms with Crippen LogP contribution in [0.1, 0.15) is 0 Å². The molecule has 0 bridgehead atoms. The van der Waals surface area contributed by atoms with Crippen molar-refractivity contribution < 1.29 is 10.1 Å². The molecular formula is C3H10N2OS. The molecule has 0 radical (unpaired) electrons. The third-order valence-electron chi connectivity index (χ3n) is 0. The van der Waals surface area contributed by atoms with Crippen molar-refractivity contribution in [2.45, 2.75) is 0 Å². The molecule has 0 aliphatic carbocycles. The van der Waals surface area contributed by atoms with Gasteiger partial charge in [0.05, 0.1) is 19.3 Å². The predicted molar refractivity (Wildman–Crippen MR) is 30.7 cm³/mol. The number of primary amides is 1. The summed E-state index contributed by atoms with van der Waals surface area (Å²) in [7, 11) is 4.00. The van der Waals surface area contributed by atoms with Gasteiger partial charge in [-0.15, -0.1) is 0 Å². The molecular weight excluding hydrogens is 112 g/mol. The molecule has 0 aromatic rings. The summed E-state index contributed by atoms with van der Waals surface area (Å²) in [5, 5.41) is 1.25. The topological polar surface area (TPSA) is 59.7 Å². The number of amides is 1. The van der Waals surface area contributed by atoms with Gasteiger partial charge in [-0.2, -0.15) is 0 Å². The zero-order valence-corrected chi connectivity index (χ0v) is 5.29. The predicted octanol–water partition coefficient (Wildman–Crippen LogP) is -1.58. The van der Waals surface area contributed by atoms with Crippen molar-refractivity contribution >= 4 is 17.9 Å². The second-order valence-electron chi connectivity index (χ2n) is 0.896. The molecule has 4 N–H and O–H groups in total. The molecule has 0 spiro atoms. The van der Waals surface area contributed by atoms with E-state index in [-0.39, 0.29) is 0 Å². The molecule has 0 aliphatic rings. The van der Waals surface area contributed by atoms with Crippen LogP contribution in [0.4, 0.5) is 4.79 Å².